The van der Waals surface area contributed by atoms with E-state index in [0.29, 0.717) is 0 Å². The largest absolute Gasteiger partial charge is 0.383 e. The molecule has 2 aromatic rings. The van der Waals surface area contributed by atoms with E-state index in [2.05, 4.69) is 59.0 Å². The molecule has 0 unspecified atom stereocenters. The molecule has 1 N–H and O–H groups in total. The summed E-state index contributed by atoms with van der Waals surface area (Å²) in [6, 6.07) is 12.8. The van der Waals surface area contributed by atoms with E-state index in [1.165, 1.54) is 16.0 Å². The van der Waals surface area contributed by atoms with Crippen molar-refractivity contribution in [2.24, 2.45) is 0 Å². The molecular formula is C17H24N2OS. The van der Waals surface area contributed by atoms with E-state index in [1.807, 2.05) is 11.3 Å². The van der Waals surface area contributed by atoms with E-state index in [1.54, 1.807) is 7.11 Å². The van der Waals surface area contributed by atoms with Crippen molar-refractivity contribution in [2.45, 2.75) is 6.54 Å². The molecular weight excluding hydrogens is 280 g/mol. The fourth-order valence-electron chi connectivity index (χ4n) is 2.10. The maximum Gasteiger partial charge on any atom is 0.0589 e. The molecule has 0 spiro atoms. The van der Waals surface area contributed by atoms with Crippen molar-refractivity contribution in [3.63, 3.8) is 0 Å². The van der Waals surface area contributed by atoms with Crippen LogP contribution in [0.1, 0.15) is 4.88 Å². The van der Waals surface area contributed by atoms with Gasteiger partial charge in [0.15, 0.2) is 0 Å². The fraction of sp³-hybridized carbons (Fsp3) is 0.412. The van der Waals surface area contributed by atoms with Gasteiger partial charge >= 0.3 is 0 Å². The standard InChI is InChI=1S/C17H24N2OS/c1-19(10-11-20-2)9-8-18-13-17-12-16(14-21-17)15-6-4-3-5-7-15/h3-7,12,14,18H,8-11,13H2,1-2H3. The van der Waals surface area contributed by atoms with Crippen LogP contribution in [0.4, 0.5) is 0 Å². The average molecular weight is 304 g/mol. The monoisotopic (exact) mass is 304 g/mol. The van der Waals surface area contributed by atoms with Gasteiger partial charge in [-0.2, -0.15) is 0 Å². The highest BCUT2D eigenvalue weighted by atomic mass is 32.1. The van der Waals surface area contributed by atoms with Crippen molar-refractivity contribution in [3.05, 3.63) is 46.7 Å². The Bertz CT molecular complexity index is 513. The Balaban J connectivity index is 1.71. The molecule has 0 saturated heterocycles. The molecule has 1 aromatic heterocycles. The second kappa shape index (κ2) is 8.95. The van der Waals surface area contributed by atoms with Crippen LogP contribution < -0.4 is 5.32 Å². The Morgan fingerprint density at radius 1 is 1.14 bits per heavy atom. The van der Waals surface area contributed by atoms with Crippen LogP contribution >= 0.6 is 11.3 Å². The summed E-state index contributed by atoms with van der Waals surface area (Å²) in [4.78, 5) is 3.66. The number of hydrogen-bond donors (Lipinski definition) is 1. The normalized spacial score (nSPS) is 11.2. The summed E-state index contributed by atoms with van der Waals surface area (Å²) in [5, 5.41) is 5.73. The molecule has 0 fully saturated rings. The van der Waals surface area contributed by atoms with Crippen molar-refractivity contribution in [3.8, 4) is 11.1 Å². The van der Waals surface area contributed by atoms with E-state index in [9.17, 15) is 0 Å². The van der Waals surface area contributed by atoms with Gasteiger partial charge < -0.3 is 15.0 Å². The zero-order valence-corrected chi connectivity index (χ0v) is 13.7. The first-order valence-corrected chi connectivity index (χ1v) is 8.18. The third kappa shape index (κ3) is 5.59. The molecule has 1 aromatic carbocycles. The Labute approximate surface area is 131 Å². The summed E-state index contributed by atoms with van der Waals surface area (Å²) >= 11 is 1.82. The molecule has 1 heterocycles. The van der Waals surface area contributed by atoms with Gasteiger partial charge in [-0.1, -0.05) is 30.3 Å². The summed E-state index contributed by atoms with van der Waals surface area (Å²) in [7, 11) is 3.87. The third-order valence-corrected chi connectivity index (χ3v) is 4.34. The number of hydrogen-bond acceptors (Lipinski definition) is 4. The molecule has 2 rings (SSSR count). The minimum atomic E-state index is 0.794. The van der Waals surface area contributed by atoms with Crippen molar-refractivity contribution >= 4 is 11.3 Å². The molecule has 0 atom stereocenters. The van der Waals surface area contributed by atoms with Gasteiger partial charge in [-0.15, -0.1) is 11.3 Å². The molecule has 4 heteroatoms. The molecule has 0 bridgehead atoms. The maximum absolute atomic E-state index is 5.07. The van der Waals surface area contributed by atoms with Crippen LogP contribution in [0.5, 0.6) is 0 Å². The van der Waals surface area contributed by atoms with Gasteiger partial charge in [0.2, 0.25) is 0 Å². The average Bonchev–Trinajstić information content (AvgIpc) is 2.99. The predicted molar refractivity (Wildman–Crippen MR) is 90.8 cm³/mol. The molecule has 0 radical (unpaired) electrons. The summed E-state index contributed by atoms with van der Waals surface area (Å²) in [6.45, 7) is 4.76. The van der Waals surface area contributed by atoms with Crippen molar-refractivity contribution in [1.82, 2.24) is 10.2 Å². The SMILES string of the molecule is COCCN(C)CCNCc1cc(-c2ccccc2)cs1. The molecule has 0 saturated carbocycles. The van der Waals surface area contributed by atoms with Gasteiger partial charge in [0.1, 0.15) is 0 Å². The van der Waals surface area contributed by atoms with Crippen LogP contribution in [0.3, 0.4) is 0 Å². The highest BCUT2D eigenvalue weighted by Gasteiger charge is 2.02. The van der Waals surface area contributed by atoms with Gasteiger partial charge in [0, 0.05) is 38.2 Å². The number of rotatable bonds is 9. The van der Waals surface area contributed by atoms with Gasteiger partial charge in [0.25, 0.3) is 0 Å². The van der Waals surface area contributed by atoms with Crippen LogP contribution in [0.15, 0.2) is 41.8 Å². The second-order valence-corrected chi connectivity index (χ2v) is 6.14. The second-order valence-electron chi connectivity index (χ2n) is 5.14. The van der Waals surface area contributed by atoms with Crippen molar-refractivity contribution < 1.29 is 4.74 Å². The predicted octanol–water partition coefficient (Wildman–Crippen LogP) is 3.08. The zero-order valence-electron chi connectivity index (χ0n) is 12.8. The zero-order chi connectivity index (χ0) is 14.9. The Morgan fingerprint density at radius 2 is 1.95 bits per heavy atom. The first-order chi connectivity index (χ1) is 10.3. The third-order valence-electron chi connectivity index (χ3n) is 3.41. The minimum absolute atomic E-state index is 0.794. The lowest BCUT2D eigenvalue weighted by atomic mass is 10.1. The van der Waals surface area contributed by atoms with Gasteiger partial charge in [0.05, 0.1) is 6.61 Å². The topological polar surface area (TPSA) is 24.5 Å². The summed E-state index contributed by atoms with van der Waals surface area (Å²) < 4.78 is 5.07. The molecule has 0 aliphatic heterocycles. The molecule has 114 valence electrons. The van der Waals surface area contributed by atoms with E-state index in [-0.39, 0.29) is 0 Å². The van der Waals surface area contributed by atoms with E-state index in [4.69, 9.17) is 4.74 Å². The number of nitrogens with one attached hydrogen (secondary N) is 1. The highest BCUT2D eigenvalue weighted by Crippen LogP contribution is 2.25. The Hall–Kier alpha value is -1.20. The minimum Gasteiger partial charge on any atom is -0.383 e. The van der Waals surface area contributed by atoms with E-state index >= 15 is 0 Å². The van der Waals surface area contributed by atoms with E-state index < -0.39 is 0 Å². The summed E-state index contributed by atoms with van der Waals surface area (Å²) in [6.07, 6.45) is 0. The van der Waals surface area contributed by atoms with Gasteiger partial charge in [-0.25, -0.2) is 0 Å². The lowest BCUT2D eigenvalue weighted by Crippen LogP contribution is -2.31. The molecule has 0 amide bonds. The number of methoxy groups -OCH3 is 1. The van der Waals surface area contributed by atoms with Crippen LogP contribution in [0.2, 0.25) is 0 Å². The smallest absolute Gasteiger partial charge is 0.0589 e. The van der Waals surface area contributed by atoms with Crippen LogP contribution in [0, 0.1) is 0 Å². The molecule has 3 nitrogen and oxygen atoms in total. The van der Waals surface area contributed by atoms with Gasteiger partial charge in [-0.05, 0) is 29.6 Å². The summed E-state index contributed by atoms with van der Waals surface area (Å²) in [5.74, 6) is 0. The lowest BCUT2D eigenvalue weighted by Gasteiger charge is -2.15. The first kappa shape index (κ1) is 16.2. The quantitative estimate of drug-likeness (QED) is 0.721. The van der Waals surface area contributed by atoms with Crippen LogP contribution in [-0.2, 0) is 11.3 Å². The number of nitrogens with zero attached hydrogens (tertiary/aromatic N) is 1. The van der Waals surface area contributed by atoms with Crippen LogP contribution in [0.25, 0.3) is 11.1 Å². The Morgan fingerprint density at radius 3 is 2.71 bits per heavy atom. The molecule has 0 aliphatic carbocycles. The fourth-order valence-corrected chi connectivity index (χ4v) is 2.96. The van der Waals surface area contributed by atoms with E-state index in [0.717, 1.165) is 32.8 Å². The first-order valence-electron chi connectivity index (χ1n) is 7.30. The maximum atomic E-state index is 5.07. The highest BCUT2D eigenvalue weighted by molar-refractivity contribution is 7.10. The molecule has 0 aliphatic rings. The lowest BCUT2D eigenvalue weighted by molar-refractivity contribution is 0.161. The summed E-state index contributed by atoms with van der Waals surface area (Å²) in [5.41, 5.74) is 2.61. The van der Waals surface area contributed by atoms with Crippen molar-refractivity contribution in [1.29, 1.82) is 0 Å². The number of benzene rings is 1. The van der Waals surface area contributed by atoms with Crippen molar-refractivity contribution in [2.75, 3.05) is 40.4 Å². The number of ether oxygens (including phenoxy) is 1. The number of thiophene rings is 1. The van der Waals surface area contributed by atoms with Gasteiger partial charge in [-0.3, -0.25) is 0 Å². The molecule has 21 heavy (non-hydrogen) atoms. The number of likely N-dealkylation sites (N-methyl/N-ethyl adjacent to an activating group) is 1. The van der Waals surface area contributed by atoms with Crippen LogP contribution in [-0.4, -0.2) is 45.3 Å². The Kier molecular flexibility index (Phi) is 6.89.